The fraction of sp³-hybridized carbons (Fsp3) is 0.0476. The third-order valence-corrected chi connectivity index (χ3v) is 3.76. The van der Waals surface area contributed by atoms with Crippen LogP contribution in [-0.4, -0.2) is 16.1 Å². The summed E-state index contributed by atoms with van der Waals surface area (Å²) in [6.45, 7) is 0. The van der Waals surface area contributed by atoms with Crippen molar-refractivity contribution in [3.8, 4) is 11.8 Å². The molecule has 0 aliphatic carbocycles. The summed E-state index contributed by atoms with van der Waals surface area (Å²) in [5.74, 6) is 5.06. The van der Waals surface area contributed by atoms with Gasteiger partial charge in [0.05, 0.1) is 5.92 Å². The Hall–Kier alpha value is -3.42. The largest absolute Gasteiger partial charge is 0.289 e. The van der Waals surface area contributed by atoms with Gasteiger partial charge in [-0.2, -0.15) is 0 Å². The van der Waals surface area contributed by atoms with Crippen molar-refractivity contribution in [2.75, 3.05) is 0 Å². The molecule has 2 aromatic carbocycles. The summed E-state index contributed by atoms with van der Waals surface area (Å²) in [6, 6.07) is 20.5. The lowest BCUT2D eigenvalue weighted by molar-refractivity contribution is -0.129. The number of hydroxylamine groups is 1. The monoisotopic (exact) mass is 328 g/mol. The van der Waals surface area contributed by atoms with Crippen LogP contribution in [0, 0.1) is 11.8 Å². The van der Waals surface area contributed by atoms with E-state index in [9.17, 15) is 4.79 Å². The van der Waals surface area contributed by atoms with E-state index in [-0.39, 0.29) is 0 Å². The van der Waals surface area contributed by atoms with Crippen molar-refractivity contribution >= 4 is 5.91 Å². The van der Waals surface area contributed by atoms with E-state index in [1.54, 1.807) is 17.9 Å². The number of pyridine rings is 1. The van der Waals surface area contributed by atoms with E-state index in [0.29, 0.717) is 0 Å². The highest BCUT2D eigenvalue weighted by molar-refractivity contribution is 5.86. The first-order valence-corrected chi connectivity index (χ1v) is 7.79. The lowest BCUT2D eigenvalue weighted by atomic mass is 9.90. The molecular weight excluding hydrogens is 312 g/mol. The maximum absolute atomic E-state index is 12.1. The van der Waals surface area contributed by atoms with E-state index in [0.717, 1.165) is 22.3 Å². The van der Waals surface area contributed by atoms with E-state index in [2.05, 4.69) is 16.8 Å². The van der Waals surface area contributed by atoms with Crippen molar-refractivity contribution in [2.24, 2.45) is 0 Å². The molecule has 0 saturated carbocycles. The van der Waals surface area contributed by atoms with Crippen LogP contribution >= 0.6 is 0 Å². The van der Waals surface area contributed by atoms with Gasteiger partial charge in [0.25, 0.3) is 5.91 Å². The van der Waals surface area contributed by atoms with E-state index >= 15 is 0 Å². The smallest absolute Gasteiger partial charge is 0.255 e. The summed E-state index contributed by atoms with van der Waals surface area (Å²) >= 11 is 0. The van der Waals surface area contributed by atoms with Gasteiger partial charge in [0.2, 0.25) is 0 Å². The summed E-state index contributed by atoms with van der Waals surface area (Å²) in [5.41, 5.74) is 5.02. The second-order valence-electron chi connectivity index (χ2n) is 5.43. The van der Waals surface area contributed by atoms with Crippen molar-refractivity contribution in [3.05, 3.63) is 101 Å². The third-order valence-electron chi connectivity index (χ3n) is 3.76. The quantitative estimate of drug-likeness (QED) is 0.441. The van der Waals surface area contributed by atoms with E-state index in [1.807, 2.05) is 66.7 Å². The zero-order valence-corrected chi connectivity index (χ0v) is 13.4. The SMILES string of the molecule is O=C(NO)C(c1ccccc1)c1ccc(C#Cc2cccnc2)cc1. The van der Waals surface area contributed by atoms with Crippen molar-refractivity contribution in [3.63, 3.8) is 0 Å². The minimum atomic E-state index is -0.577. The van der Waals surface area contributed by atoms with Gasteiger partial charge in [-0.15, -0.1) is 0 Å². The number of benzene rings is 2. The first-order chi connectivity index (χ1) is 12.3. The first-order valence-electron chi connectivity index (χ1n) is 7.79. The first kappa shape index (κ1) is 16.4. The number of amides is 1. The van der Waals surface area contributed by atoms with Gasteiger partial charge in [0.1, 0.15) is 0 Å². The number of rotatable bonds is 3. The summed E-state index contributed by atoms with van der Waals surface area (Å²) in [5, 5.41) is 9.06. The fourth-order valence-corrected chi connectivity index (χ4v) is 2.55. The molecule has 1 unspecified atom stereocenters. The lowest BCUT2D eigenvalue weighted by Crippen LogP contribution is -2.27. The van der Waals surface area contributed by atoms with Crippen molar-refractivity contribution in [1.29, 1.82) is 0 Å². The number of carbonyl (C=O) groups is 1. The third kappa shape index (κ3) is 4.11. The van der Waals surface area contributed by atoms with E-state index in [4.69, 9.17) is 5.21 Å². The average Bonchev–Trinajstić information content (AvgIpc) is 2.69. The van der Waals surface area contributed by atoms with Crippen molar-refractivity contribution in [2.45, 2.75) is 5.92 Å². The minimum absolute atomic E-state index is 0.472. The molecule has 2 N–H and O–H groups in total. The molecule has 0 radical (unpaired) electrons. The Morgan fingerprint density at radius 2 is 1.56 bits per heavy atom. The van der Waals surface area contributed by atoms with Gasteiger partial charge in [-0.25, -0.2) is 5.48 Å². The molecule has 122 valence electrons. The number of hydrogen-bond acceptors (Lipinski definition) is 3. The Morgan fingerprint density at radius 1 is 0.880 bits per heavy atom. The van der Waals surface area contributed by atoms with E-state index < -0.39 is 11.8 Å². The summed E-state index contributed by atoms with van der Waals surface area (Å²) in [7, 11) is 0. The summed E-state index contributed by atoms with van der Waals surface area (Å²) in [4.78, 5) is 16.1. The minimum Gasteiger partial charge on any atom is -0.289 e. The zero-order valence-electron chi connectivity index (χ0n) is 13.4. The van der Waals surface area contributed by atoms with E-state index in [1.165, 1.54) is 0 Å². The molecule has 1 amide bonds. The summed E-state index contributed by atoms with van der Waals surface area (Å²) in [6.07, 6.45) is 3.41. The Bertz CT molecular complexity index is 895. The topological polar surface area (TPSA) is 62.2 Å². The molecule has 0 fully saturated rings. The highest BCUT2D eigenvalue weighted by Gasteiger charge is 2.21. The van der Waals surface area contributed by atoms with Gasteiger partial charge >= 0.3 is 0 Å². The molecule has 0 saturated heterocycles. The van der Waals surface area contributed by atoms with Crippen molar-refractivity contribution < 1.29 is 10.0 Å². The molecule has 0 aliphatic heterocycles. The van der Waals surface area contributed by atoms with Gasteiger partial charge < -0.3 is 0 Å². The lowest BCUT2D eigenvalue weighted by Gasteiger charge is -2.15. The molecule has 4 nitrogen and oxygen atoms in total. The Balaban J connectivity index is 1.87. The predicted octanol–water partition coefficient (Wildman–Crippen LogP) is 3.12. The number of nitrogens with one attached hydrogen (secondary N) is 1. The highest BCUT2D eigenvalue weighted by atomic mass is 16.5. The molecular formula is C21H16N2O2. The van der Waals surface area contributed by atoms with Gasteiger partial charge in [-0.1, -0.05) is 54.3 Å². The fourth-order valence-electron chi connectivity index (χ4n) is 2.55. The number of carbonyl (C=O) groups excluding carboxylic acids is 1. The maximum Gasteiger partial charge on any atom is 0.255 e. The zero-order chi connectivity index (χ0) is 17.5. The predicted molar refractivity (Wildman–Crippen MR) is 94.9 cm³/mol. The molecule has 0 aliphatic rings. The van der Waals surface area contributed by atoms with Crippen LogP contribution in [0.1, 0.15) is 28.2 Å². The number of aromatic nitrogens is 1. The Kier molecular flexibility index (Phi) is 5.20. The van der Waals surface area contributed by atoms with Crippen LogP contribution < -0.4 is 5.48 Å². The molecule has 0 bridgehead atoms. The Morgan fingerprint density at radius 3 is 2.20 bits per heavy atom. The Labute approximate surface area is 146 Å². The van der Waals surface area contributed by atoms with Crippen molar-refractivity contribution in [1.82, 2.24) is 10.5 Å². The molecule has 3 aromatic rings. The second kappa shape index (κ2) is 7.91. The van der Waals surface area contributed by atoms with Crippen LogP contribution in [0.15, 0.2) is 79.1 Å². The number of nitrogens with zero attached hydrogens (tertiary/aromatic N) is 1. The van der Waals surface area contributed by atoms with Gasteiger partial charge in [0, 0.05) is 23.5 Å². The molecule has 1 aromatic heterocycles. The molecule has 4 heteroatoms. The van der Waals surface area contributed by atoms with Crippen LogP contribution in [-0.2, 0) is 4.79 Å². The standard InChI is InChI=1S/C21H16N2O2/c24-21(23-25)20(18-6-2-1-3-7-18)19-12-10-16(11-13-19)8-9-17-5-4-14-22-15-17/h1-7,10-15,20,25H,(H,23,24). The maximum atomic E-state index is 12.1. The number of hydrogen-bond donors (Lipinski definition) is 2. The highest BCUT2D eigenvalue weighted by Crippen LogP contribution is 2.25. The molecule has 0 spiro atoms. The molecule has 3 rings (SSSR count). The van der Waals surface area contributed by atoms with Crippen LogP contribution in [0.25, 0.3) is 0 Å². The normalized spacial score (nSPS) is 11.1. The second-order valence-corrected chi connectivity index (χ2v) is 5.43. The average molecular weight is 328 g/mol. The van der Waals surface area contributed by atoms with Gasteiger partial charge in [-0.3, -0.25) is 15.0 Å². The van der Waals surface area contributed by atoms with Crippen LogP contribution in [0.5, 0.6) is 0 Å². The van der Waals surface area contributed by atoms with Crippen LogP contribution in [0.2, 0.25) is 0 Å². The molecule has 1 heterocycles. The molecule has 25 heavy (non-hydrogen) atoms. The van der Waals surface area contributed by atoms with Gasteiger partial charge in [0.15, 0.2) is 0 Å². The van der Waals surface area contributed by atoms with Crippen LogP contribution in [0.3, 0.4) is 0 Å². The summed E-state index contributed by atoms with van der Waals surface area (Å²) < 4.78 is 0. The van der Waals surface area contributed by atoms with Crippen LogP contribution in [0.4, 0.5) is 0 Å². The molecule has 1 atom stereocenters. The van der Waals surface area contributed by atoms with Gasteiger partial charge in [-0.05, 0) is 35.4 Å².